The Morgan fingerprint density at radius 2 is 2.14 bits per heavy atom. The summed E-state index contributed by atoms with van der Waals surface area (Å²) in [6, 6.07) is 0.316. The van der Waals surface area contributed by atoms with Gasteiger partial charge in [0.15, 0.2) is 0 Å². The Labute approximate surface area is 91.4 Å². The second-order valence-corrected chi connectivity index (χ2v) is 4.44. The Morgan fingerprint density at radius 1 is 1.50 bits per heavy atom. The Bertz CT molecular complexity index is 164. The first-order valence-corrected chi connectivity index (χ1v) is 6.49. The van der Waals surface area contributed by atoms with E-state index in [9.17, 15) is 4.79 Å². The number of carbonyl (C=O) groups is 1. The molecule has 0 aromatic carbocycles. The van der Waals surface area contributed by atoms with E-state index in [1.165, 1.54) is 0 Å². The molecule has 2 unspecified atom stereocenters. The fourth-order valence-corrected chi connectivity index (χ4v) is 1.93. The number of thioether (sulfide) groups is 1. The summed E-state index contributed by atoms with van der Waals surface area (Å²) in [5.41, 5.74) is 0. The molecule has 0 aliphatic rings. The van der Waals surface area contributed by atoms with E-state index >= 15 is 0 Å². The van der Waals surface area contributed by atoms with Crippen LogP contribution in [0.15, 0.2) is 0 Å². The van der Waals surface area contributed by atoms with Crippen LogP contribution in [0.4, 0.5) is 0 Å². The summed E-state index contributed by atoms with van der Waals surface area (Å²) in [6.07, 6.45) is 3.06. The molecule has 0 aromatic rings. The number of nitrogens with one attached hydrogen (secondary N) is 2. The molecule has 84 valence electrons. The predicted molar refractivity (Wildman–Crippen MR) is 63.7 cm³/mol. The zero-order chi connectivity index (χ0) is 11.0. The van der Waals surface area contributed by atoms with E-state index in [4.69, 9.17) is 0 Å². The molecule has 0 radical (unpaired) electrons. The van der Waals surface area contributed by atoms with Gasteiger partial charge in [0, 0.05) is 24.3 Å². The smallest absolute Gasteiger partial charge is 0.224 e. The monoisotopic (exact) mass is 218 g/mol. The normalized spacial score (nSPS) is 14.9. The van der Waals surface area contributed by atoms with Gasteiger partial charge in [0.25, 0.3) is 0 Å². The third kappa shape index (κ3) is 5.50. The summed E-state index contributed by atoms with van der Waals surface area (Å²) in [5, 5.41) is 6.06. The predicted octanol–water partition coefficient (Wildman–Crippen LogP) is 1.10. The van der Waals surface area contributed by atoms with Crippen LogP contribution >= 0.6 is 11.8 Å². The molecule has 0 rings (SSSR count). The van der Waals surface area contributed by atoms with Crippen LogP contribution in [0.1, 0.15) is 20.3 Å². The summed E-state index contributed by atoms with van der Waals surface area (Å²) in [6.45, 7) is 4.78. The maximum absolute atomic E-state index is 11.6. The molecular formula is C10H22N2OS. The molecule has 0 aliphatic heterocycles. The molecular weight excluding hydrogens is 196 g/mol. The van der Waals surface area contributed by atoms with Crippen molar-refractivity contribution < 1.29 is 4.79 Å². The van der Waals surface area contributed by atoms with Gasteiger partial charge in [-0.15, -0.1) is 0 Å². The van der Waals surface area contributed by atoms with Crippen molar-refractivity contribution >= 4 is 17.7 Å². The summed E-state index contributed by atoms with van der Waals surface area (Å²) in [4.78, 5) is 11.6. The average Bonchev–Trinajstić information content (AvgIpc) is 2.17. The van der Waals surface area contributed by atoms with Crippen molar-refractivity contribution in [3.05, 3.63) is 0 Å². The molecule has 0 fully saturated rings. The molecule has 2 atom stereocenters. The van der Waals surface area contributed by atoms with E-state index in [0.717, 1.165) is 18.7 Å². The van der Waals surface area contributed by atoms with Gasteiger partial charge in [-0.25, -0.2) is 0 Å². The zero-order valence-electron chi connectivity index (χ0n) is 9.59. The van der Waals surface area contributed by atoms with Crippen LogP contribution < -0.4 is 10.6 Å². The van der Waals surface area contributed by atoms with Crippen LogP contribution in [0, 0.1) is 5.92 Å². The summed E-state index contributed by atoms with van der Waals surface area (Å²) in [7, 11) is 1.86. The lowest BCUT2D eigenvalue weighted by Gasteiger charge is -2.18. The SMILES string of the molecule is CCC(CSC)NC(=O)C(C)CNC. The quantitative estimate of drug-likeness (QED) is 0.672. The highest BCUT2D eigenvalue weighted by Crippen LogP contribution is 2.02. The van der Waals surface area contributed by atoms with E-state index in [2.05, 4.69) is 23.8 Å². The van der Waals surface area contributed by atoms with Crippen LogP contribution in [0.5, 0.6) is 0 Å². The number of rotatable bonds is 7. The average molecular weight is 218 g/mol. The third-order valence-electron chi connectivity index (χ3n) is 2.16. The topological polar surface area (TPSA) is 41.1 Å². The second kappa shape index (κ2) is 8.12. The fourth-order valence-electron chi connectivity index (χ4n) is 1.21. The van der Waals surface area contributed by atoms with Gasteiger partial charge < -0.3 is 10.6 Å². The molecule has 2 N–H and O–H groups in total. The first-order valence-electron chi connectivity index (χ1n) is 5.09. The third-order valence-corrected chi connectivity index (χ3v) is 2.90. The largest absolute Gasteiger partial charge is 0.352 e. The number of amides is 1. The Hall–Kier alpha value is -0.220. The molecule has 0 bridgehead atoms. The van der Waals surface area contributed by atoms with Crippen molar-refractivity contribution in [1.82, 2.24) is 10.6 Å². The van der Waals surface area contributed by atoms with Gasteiger partial charge in [-0.2, -0.15) is 11.8 Å². The van der Waals surface area contributed by atoms with Crippen molar-refractivity contribution in [3.63, 3.8) is 0 Å². The van der Waals surface area contributed by atoms with E-state index in [1.807, 2.05) is 14.0 Å². The van der Waals surface area contributed by atoms with E-state index < -0.39 is 0 Å². The van der Waals surface area contributed by atoms with Crippen molar-refractivity contribution in [3.8, 4) is 0 Å². The number of hydrogen-bond acceptors (Lipinski definition) is 3. The molecule has 14 heavy (non-hydrogen) atoms. The van der Waals surface area contributed by atoms with Crippen molar-refractivity contribution in [2.24, 2.45) is 5.92 Å². The van der Waals surface area contributed by atoms with Crippen molar-refractivity contribution in [2.45, 2.75) is 26.3 Å². The fraction of sp³-hybridized carbons (Fsp3) is 0.900. The van der Waals surface area contributed by atoms with Gasteiger partial charge >= 0.3 is 0 Å². The van der Waals surface area contributed by atoms with Gasteiger partial charge in [-0.1, -0.05) is 13.8 Å². The number of carbonyl (C=O) groups excluding carboxylic acids is 1. The van der Waals surface area contributed by atoms with Crippen LogP contribution in [0.3, 0.4) is 0 Å². The summed E-state index contributed by atoms with van der Waals surface area (Å²) >= 11 is 1.77. The van der Waals surface area contributed by atoms with Gasteiger partial charge in [0.1, 0.15) is 0 Å². The van der Waals surface area contributed by atoms with Crippen LogP contribution in [-0.4, -0.2) is 37.6 Å². The van der Waals surface area contributed by atoms with Crippen molar-refractivity contribution in [2.75, 3.05) is 25.6 Å². The maximum atomic E-state index is 11.6. The van der Waals surface area contributed by atoms with Crippen LogP contribution in [0.2, 0.25) is 0 Å². The molecule has 0 heterocycles. The Morgan fingerprint density at radius 3 is 2.57 bits per heavy atom. The molecule has 0 aliphatic carbocycles. The molecule has 0 spiro atoms. The highest BCUT2D eigenvalue weighted by molar-refractivity contribution is 7.98. The maximum Gasteiger partial charge on any atom is 0.224 e. The highest BCUT2D eigenvalue weighted by atomic mass is 32.2. The van der Waals surface area contributed by atoms with E-state index in [1.54, 1.807) is 11.8 Å². The van der Waals surface area contributed by atoms with Gasteiger partial charge in [0.05, 0.1) is 0 Å². The van der Waals surface area contributed by atoms with Gasteiger partial charge in [-0.05, 0) is 19.7 Å². The molecule has 0 saturated carbocycles. The molecule has 0 aromatic heterocycles. The number of hydrogen-bond donors (Lipinski definition) is 2. The minimum Gasteiger partial charge on any atom is -0.352 e. The van der Waals surface area contributed by atoms with E-state index in [-0.39, 0.29) is 11.8 Å². The minimum atomic E-state index is 0.0518. The van der Waals surface area contributed by atoms with Crippen molar-refractivity contribution in [1.29, 1.82) is 0 Å². The molecule has 4 heteroatoms. The lowest BCUT2D eigenvalue weighted by atomic mass is 10.1. The highest BCUT2D eigenvalue weighted by Gasteiger charge is 2.15. The first-order chi connectivity index (χ1) is 6.65. The lowest BCUT2D eigenvalue weighted by Crippen LogP contribution is -2.41. The molecule has 0 saturated heterocycles. The van der Waals surface area contributed by atoms with E-state index in [0.29, 0.717) is 6.04 Å². The van der Waals surface area contributed by atoms with Gasteiger partial charge in [-0.3, -0.25) is 4.79 Å². The Balaban J connectivity index is 3.88. The lowest BCUT2D eigenvalue weighted by molar-refractivity contribution is -0.124. The molecule has 1 amide bonds. The van der Waals surface area contributed by atoms with Crippen LogP contribution in [0.25, 0.3) is 0 Å². The Kier molecular flexibility index (Phi) is 7.99. The first kappa shape index (κ1) is 13.8. The van der Waals surface area contributed by atoms with Gasteiger partial charge in [0.2, 0.25) is 5.91 Å². The standard InChI is InChI=1S/C10H22N2OS/c1-5-9(7-14-4)12-10(13)8(2)6-11-3/h8-9,11H,5-7H2,1-4H3,(H,12,13). The second-order valence-electron chi connectivity index (χ2n) is 3.53. The summed E-state index contributed by atoms with van der Waals surface area (Å²) < 4.78 is 0. The minimum absolute atomic E-state index is 0.0518. The van der Waals surface area contributed by atoms with Crippen LogP contribution in [-0.2, 0) is 4.79 Å². The molecule has 3 nitrogen and oxygen atoms in total. The summed E-state index contributed by atoms with van der Waals surface area (Å²) in [5.74, 6) is 1.20. The zero-order valence-corrected chi connectivity index (χ0v) is 10.4.